The van der Waals surface area contributed by atoms with Crippen LogP contribution in [-0.4, -0.2) is 36.7 Å². The average molecular weight is 252 g/mol. The highest BCUT2D eigenvalue weighted by molar-refractivity contribution is 5.49. The van der Waals surface area contributed by atoms with Crippen molar-refractivity contribution < 1.29 is 4.74 Å². The van der Waals surface area contributed by atoms with E-state index in [2.05, 4.69) is 41.0 Å². The first-order chi connectivity index (χ1) is 8.74. The van der Waals surface area contributed by atoms with E-state index in [1.54, 1.807) is 7.11 Å². The smallest absolute Gasteiger partial charge is 0.158 e. The molecule has 0 saturated heterocycles. The Morgan fingerprint density at radius 2 is 1.94 bits per heavy atom. The summed E-state index contributed by atoms with van der Waals surface area (Å²) in [5.41, 5.74) is 0. The normalized spacial score (nSPS) is 10.4. The minimum atomic E-state index is 0.440. The largest absolute Gasteiger partial charge is 0.377 e. The van der Waals surface area contributed by atoms with Crippen LogP contribution in [0.5, 0.6) is 0 Å². The molecule has 1 aromatic rings. The van der Waals surface area contributed by atoms with Crippen LogP contribution in [0.2, 0.25) is 0 Å². The fourth-order valence-corrected chi connectivity index (χ4v) is 1.73. The SMILES string of the molecule is CCCNc1cc(N(CC)CC)nc(COC)n1. The molecule has 0 saturated carbocycles. The second-order valence-corrected chi connectivity index (χ2v) is 4.06. The molecular formula is C13H24N4O. The van der Waals surface area contributed by atoms with E-state index in [0.717, 1.165) is 43.5 Å². The van der Waals surface area contributed by atoms with Crippen LogP contribution < -0.4 is 10.2 Å². The quantitative estimate of drug-likeness (QED) is 0.769. The van der Waals surface area contributed by atoms with Crippen molar-refractivity contribution in [3.8, 4) is 0 Å². The van der Waals surface area contributed by atoms with E-state index < -0.39 is 0 Å². The lowest BCUT2D eigenvalue weighted by atomic mass is 10.4. The molecule has 0 bridgehead atoms. The molecule has 1 aromatic heterocycles. The maximum absolute atomic E-state index is 5.12. The Morgan fingerprint density at radius 1 is 1.22 bits per heavy atom. The summed E-state index contributed by atoms with van der Waals surface area (Å²) in [5, 5.41) is 3.30. The van der Waals surface area contributed by atoms with Crippen molar-refractivity contribution >= 4 is 11.6 Å². The van der Waals surface area contributed by atoms with E-state index in [4.69, 9.17) is 4.74 Å². The van der Waals surface area contributed by atoms with E-state index in [-0.39, 0.29) is 0 Å². The van der Waals surface area contributed by atoms with Crippen LogP contribution in [0.15, 0.2) is 6.07 Å². The van der Waals surface area contributed by atoms with E-state index >= 15 is 0 Å². The molecule has 0 aliphatic rings. The Labute approximate surface area is 110 Å². The van der Waals surface area contributed by atoms with Gasteiger partial charge in [-0.3, -0.25) is 0 Å². The Hall–Kier alpha value is -1.36. The molecule has 1 heterocycles. The van der Waals surface area contributed by atoms with Crippen molar-refractivity contribution in [2.75, 3.05) is 37.0 Å². The summed E-state index contributed by atoms with van der Waals surface area (Å²) < 4.78 is 5.12. The molecule has 1 N–H and O–H groups in total. The van der Waals surface area contributed by atoms with E-state index in [1.165, 1.54) is 0 Å². The summed E-state index contributed by atoms with van der Waals surface area (Å²) in [4.78, 5) is 11.2. The van der Waals surface area contributed by atoms with Crippen molar-refractivity contribution in [2.45, 2.75) is 33.8 Å². The highest BCUT2D eigenvalue weighted by Crippen LogP contribution is 2.16. The number of hydrogen-bond donors (Lipinski definition) is 1. The summed E-state index contributed by atoms with van der Waals surface area (Å²) in [6, 6.07) is 2.00. The Morgan fingerprint density at radius 3 is 2.50 bits per heavy atom. The van der Waals surface area contributed by atoms with Crippen molar-refractivity contribution in [2.24, 2.45) is 0 Å². The van der Waals surface area contributed by atoms with Gasteiger partial charge in [-0.1, -0.05) is 6.92 Å². The molecule has 0 radical (unpaired) electrons. The predicted molar refractivity (Wildman–Crippen MR) is 75.1 cm³/mol. The molecular weight excluding hydrogens is 228 g/mol. The first-order valence-corrected chi connectivity index (χ1v) is 6.60. The number of nitrogens with zero attached hydrogens (tertiary/aromatic N) is 3. The van der Waals surface area contributed by atoms with Gasteiger partial charge in [-0.15, -0.1) is 0 Å². The second kappa shape index (κ2) is 7.87. The standard InChI is InChI=1S/C13H24N4O/c1-5-8-14-11-9-13(17(6-2)7-3)16-12(15-11)10-18-4/h9H,5-8,10H2,1-4H3,(H,14,15,16). The van der Waals surface area contributed by atoms with Crippen molar-refractivity contribution in [3.05, 3.63) is 11.9 Å². The molecule has 5 heteroatoms. The van der Waals surface area contributed by atoms with Crippen LogP contribution in [0.4, 0.5) is 11.6 Å². The number of anilines is 2. The third-order valence-corrected chi connectivity index (χ3v) is 2.68. The minimum Gasteiger partial charge on any atom is -0.377 e. The van der Waals surface area contributed by atoms with Gasteiger partial charge in [-0.05, 0) is 20.3 Å². The zero-order valence-corrected chi connectivity index (χ0v) is 11.9. The van der Waals surface area contributed by atoms with Gasteiger partial charge in [0, 0.05) is 32.8 Å². The zero-order chi connectivity index (χ0) is 13.4. The molecule has 0 aliphatic carbocycles. The molecule has 5 nitrogen and oxygen atoms in total. The molecule has 1 rings (SSSR count). The lowest BCUT2D eigenvalue weighted by Gasteiger charge is -2.21. The highest BCUT2D eigenvalue weighted by atomic mass is 16.5. The Kier molecular flexibility index (Phi) is 6.43. The predicted octanol–water partition coefficient (Wildman–Crippen LogP) is 2.29. The molecule has 18 heavy (non-hydrogen) atoms. The fraction of sp³-hybridized carbons (Fsp3) is 0.692. The number of hydrogen-bond acceptors (Lipinski definition) is 5. The van der Waals surface area contributed by atoms with Crippen LogP contribution >= 0.6 is 0 Å². The lowest BCUT2D eigenvalue weighted by molar-refractivity contribution is 0.178. The van der Waals surface area contributed by atoms with Gasteiger partial charge < -0.3 is 15.0 Å². The third kappa shape index (κ3) is 4.14. The van der Waals surface area contributed by atoms with Gasteiger partial charge in [-0.25, -0.2) is 9.97 Å². The van der Waals surface area contributed by atoms with Gasteiger partial charge in [0.2, 0.25) is 0 Å². The topological polar surface area (TPSA) is 50.3 Å². The molecule has 0 aliphatic heterocycles. The fourth-order valence-electron chi connectivity index (χ4n) is 1.73. The van der Waals surface area contributed by atoms with Gasteiger partial charge in [0.15, 0.2) is 5.82 Å². The summed E-state index contributed by atoms with van der Waals surface area (Å²) in [6.45, 7) is 9.62. The van der Waals surface area contributed by atoms with Gasteiger partial charge in [0.25, 0.3) is 0 Å². The number of methoxy groups -OCH3 is 1. The lowest BCUT2D eigenvalue weighted by Crippen LogP contribution is -2.24. The summed E-state index contributed by atoms with van der Waals surface area (Å²) >= 11 is 0. The number of ether oxygens (including phenoxy) is 1. The molecule has 0 atom stereocenters. The Balaban J connectivity index is 2.96. The summed E-state index contributed by atoms with van der Waals surface area (Å²) in [5.74, 6) is 2.56. The van der Waals surface area contributed by atoms with Crippen molar-refractivity contribution in [3.63, 3.8) is 0 Å². The number of nitrogens with one attached hydrogen (secondary N) is 1. The molecule has 102 valence electrons. The van der Waals surface area contributed by atoms with Crippen LogP contribution in [-0.2, 0) is 11.3 Å². The molecule has 0 fully saturated rings. The van der Waals surface area contributed by atoms with Crippen molar-refractivity contribution in [1.29, 1.82) is 0 Å². The van der Waals surface area contributed by atoms with Gasteiger partial charge in [0.1, 0.15) is 18.2 Å². The number of rotatable bonds is 8. The zero-order valence-electron chi connectivity index (χ0n) is 11.9. The molecule has 0 aromatic carbocycles. The average Bonchev–Trinajstić information content (AvgIpc) is 2.38. The van der Waals surface area contributed by atoms with Crippen molar-refractivity contribution in [1.82, 2.24) is 9.97 Å². The van der Waals surface area contributed by atoms with E-state index in [0.29, 0.717) is 6.61 Å². The third-order valence-electron chi connectivity index (χ3n) is 2.68. The maximum atomic E-state index is 5.12. The van der Waals surface area contributed by atoms with Crippen LogP contribution in [0.25, 0.3) is 0 Å². The van der Waals surface area contributed by atoms with E-state index in [9.17, 15) is 0 Å². The second-order valence-electron chi connectivity index (χ2n) is 4.06. The monoisotopic (exact) mass is 252 g/mol. The van der Waals surface area contributed by atoms with Gasteiger partial charge >= 0.3 is 0 Å². The van der Waals surface area contributed by atoms with Crippen LogP contribution in [0, 0.1) is 0 Å². The van der Waals surface area contributed by atoms with Gasteiger partial charge in [-0.2, -0.15) is 0 Å². The maximum Gasteiger partial charge on any atom is 0.158 e. The van der Waals surface area contributed by atoms with E-state index in [1.807, 2.05) is 6.07 Å². The summed E-state index contributed by atoms with van der Waals surface area (Å²) in [7, 11) is 1.66. The first kappa shape index (κ1) is 14.7. The Bertz CT molecular complexity index is 353. The molecule has 0 amide bonds. The van der Waals surface area contributed by atoms with Gasteiger partial charge in [0.05, 0.1) is 0 Å². The minimum absolute atomic E-state index is 0.440. The molecule has 0 unspecified atom stereocenters. The highest BCUT2D eigenvalue weighted by Gasteiger charge is 2.08. The van der Waals surface area contributed by atoms with Crippen LogP contribution in [0.3, 0.4) is 0 Å². The number of aromatic nitrogens is 2. The molecule has 0 spiro atoms. The summed E-state index contributed by atoms with van der Waals surface area (Å²) in [6.07, 6.45) is 1.07. The van der Waals surface area contributed by atoms with Crippen LogP contribution in [0.1, 0.15) is 33.0 Å². The first-order valence-electron chi connectivity index (χ1n) is 6.60.